The maximum atomic E-state index is 12.4. The quantitative estimate of drug-likeness (QED) is 0.282. The second-order valence-corrected chi connectivity index (χ2v) is 7.10. The second kappa shape index (κ2) is 10.8. The predicted molar refractivity (Wildman–Crippen MR) is 117 cm³/mol. The maximum absolute atomic E-state index is 12.4. The molecule has 0 spiro atoms. The summed E-state index contributed by atoms with van der Waals surface area (Å²) in [4.78, 5) is 23.3. The Labute approximate surface area is 181 Å². The van der Waals surface area contributed by atoms with Crippen molar-refractivity contribution in [3.05, 3.63) is 68.8 Å². The number of carbonyl (C=O) groups excluding carboxylic acids is 1. The standard InChI is InChI=1S/C23H25N3O5/c1-15(2)19-7-5-17(12-20(19)26(28)29)11-18(14-24)23(27)25-10-9-16-6-8-21(30-3)22(13-16)31-4/h5-8,11-13,15H,9-10H2,1-4H3,(H,25,27)/b18-11+. The fourth-order valence-electron chi connectivity index (χ4n) is 3.06. The van der Waals surface area contributed by atoms with Crippen molar-refractivity contribution in [1.82, 2.24) is 5.32 Å². The van der Waals surface area contributed by atoms with Gasteiger partial charge in [-0.3, -0.25) is 14.9 Å². The number of methoxy groups -OCH3 is 2. The Balaban J connectivity index is 2.10. The molecule has 0 aromatic heterocycles. The van der Waals surface area contributed by atoms with E-state index < -0.39 is 10.8 Å². The third-order valence-corrected chi connectivity index (χ3v) is 4.70. The summed E-state index contributed by atoms with van der Waals surface area (Å²) in [7, 11) is 3.10. The van der Waals surface area contributed by atoms with Gasteiger partial charge in [0.2, 0.25) is 0 Å². The molecule has 2 rings (SSSR count). The van der Waals surface area contributed by atoms with Crippen molar-refractivity contribution < 1.29 is 19.2 Å². The summed E-state index contributed by atoms with van der Waals surface area (Å²) >= 11 is 0. The summed E-state index contributed by atoms with van der Waals surface area (Å²) in [5.41, 5.74) is 1.79. The lowest BCUT2D eigenvalue weighted by Crippen LogP contribution is -2.26. The Hall–Kier alpha value is -3.86. The Morgan fingerprint density at radius 3 is 2.48 bits per heavy atom. The van der Waals surface area contributed by atoms with E-state index in [1.54, 1.807) is 32.4 Å². The summed E-state index contributed by atoms with van der Waals surface area (Å²) in [6, 6.07) is 12.0. The number of nitro groups is 1. The molecule has 0 bridgehead atoms. The largest absolute Gasteiger partial charge is 0.493 e. The van der Waals surface area contributed by atoms with Gasteiger partial charge in [-0.25, -0.2) is 0 Å². The van der Waals surface area contributed by atoms with Crippen LogP contribution in [0.5, 0.6) is 11.5 Å². The number of rotatable bonds is 9. The Morgan fingerprint density at radius 2 is 1.90 bits per heavy atom. The number of carbonyl (C=O) groups is 1. The van der Waals surface area contributed by atoms with Crippen LogP contribution >= 0.6 is 0 Å². The molecule has 31 heavy (non-hydrogen) atoms. The van der Waals surface area contributed by atoms with Crippen LogP contribution in [-0.4, -0.2) is 31.6 Å². The number of nitrogens with one attached hydrogen (secondary N) is 1. The van der Waals surface area contributed by atoms with Crippen molar-refractivity contribution in [2.75, 3.05) is 20.8 Å². The third-order valence-electron chi connectivity index (χ3n) is 4.70. The first-order valence-electron chi connectivity index (χ1n) is 9.70. The topological polar surface area (TPSA) is 114 Å². The minimum atomic E-state index is -0.543. The smallest absolute Gasteiger partial charge is 0.273 e. The highest BCUT2D eigenvalue weighted by Gasteiger charge is 2.17. The van der Waals surface area contributed by atoms with Gasteiger partial charge in [-0.15, -0.1) is 0 Å². The molecule has 0 saturated heterocycles. The van der Waals surface area contributed by atoms with E-state index in [2.05, 4.69) is 5.32 Å². The van der Waals surface area contributed by atoms with E-state index >= 15 is 0 Å². The van der Waals surface area contributed by atoms with E-state index in [0.717, 1.165) is 5.56 Å². The van der Waals surface area contributed by atoms with Crippen LogP contribution < -0.4 is 14.8 Å². The molecule has 0 heterocycles. The maximum Gasteiger partial charge on any atom is 0.273 e. The van der Waals surface area contributed by atoms with Crippen molar-refractivity contribution in [3.8, 4) is 17.6 Å². The fourth-order valence-corrected chi connectivity index (χ4v) is 3.06. The number of hydrogen-bond donors (Lipinski definition) is 1. The predicted octanol–water partition coefficient (Wildman–Crippen LogP) is 4.00. The lowest BCUT2D eigenvalue weighted by molar-refractivity contribution is -0.385. The summed E-state index contributed by atoms with van der Waals surface area (Å²) < 4.78 is 10.5. The van der Waals surface area contributed by atoms with Crippen molar-refractivity contribution >= 4 is 17.7 Å². The van der Waals surface area contributed by atoms with E-state index in [1.165, 1.54) is 12.1 Å². The van der Waals surface area contributed by atoms with E-state index in [1.807, 2.05) is 32.0 Å². The van der Waals surface area contributed by atoms with Crippen molar-refractivity contribution in [3.63, 3.8) is 0 Å². The van der Waals surface area contributed by atoms with Crippen LogP contribution in [0.2, 0.25) is 0 Å². The average molecular weight is 423 g/mol. The number of amides is 1. The molecule has 2 aromatic carbocycles. The van der Waals surface area contributed by atoms with Gasteiger partial charge >= 0.3 is 0 Å². The molecule has 0 aliphatic heterocycles. The van der Waals surface area contributed by atoms with E-state index in [0.29, 0.717) is 35.6 Å². The molecule has 2 aromatic rings. The van der Waals surface area contributed by atoms with Crippen LogP contribution in [0.15, 0.2) is 42.0 Å². The minimum absolute atomic E-state index is 0.0197. The highest BCUT2D eigenvalue weighted by Crippen LogP contribution is 2.29. The van der Waals surface area contributed by atoms with Crippen LogP contribution in [0.1, 0.15) is 36.5 Å². The van der Waals surface area contributed by atoms with Crippen LogP contribution in [-0.2, 0) is 11.2 Å². The van der Waals surface area contributed by atoms with Gasteiger partial charge in [0.25, 0.3) is 11.6 Å². The number of ether oxygens (including phenoxy) is 2. The van der Waals surface area contributed by atoms with Gasteiger partial charge in [-0.1, -0.05) is 32.0 Å². The van der Waals surface area contributed by atoms with Gasteiger partial charge in [0.05, 0.1) is 19.1 Å². The molecule has 8 nitrogen and oxygen atoms in total. The molecular weight excluding hydrogens is 398 g/mol. The van der Waals surface area contributed by atoms with Gasteiger partial charge in [-0.2, -0.15) is 5.26 Å². The SMILES string of the molecule is COc1ccc(CCNC(=O)/C(C#N)=C/c2ccc(C(C)C)c([N+](=O)[O-])c2)cc1OC. The number of nitrogens with zero attached hydrogens (tertiary/aromatic N) is 2. The molecule has 0 unspecified atom stereocenters. The molecule has 0 fully saturated rings. The summed E-state index contributed by atoms with van der Waals surface area (Å²) in [5.74, 6) is 0.644. The van der Waals surface area contributed by atoms with E-state index in [-0.39, 0.29) is 17.2 Å². The highest BCUT2D eigenvalue weighted by atomic mass is 16.6. The molecule has 0 radical (unpaired) electrons. The highest BCUT2D eigenvalue weighted by molar-refractivity contribution is 6.01. The van der Waals surface area contributed by atoms with E-state index in [4.69, 9.17) is 9.47 Å². The van der Waals surface area contributed by atoms with Gasteiger partial charge in [-0.05, 0) is 41.7 Å². The van der Waals surface area contributed by atoms with Crippen LogP contribution in [0.3, 0.4) is 0 Å². The van der Waals surface area contributed by atoms with Crippen molar-refractivity contribution in [1.29, 1.82) is 5.26 Å². The number of benzene rings is 2. The Kier molecular flexibility index (Phi) is 8.15. The first kappa shape index (κ1) is 23.4. The normalized spacial score (nSPS) is 11.0. The lowest BCUT2D eigenvalue weighted by atomic mass is 9.98. The number of nitriles is 1. The Bertz CT molecular complexity index is 1040. The zero-order valence-electron chi connectivity index (χ0n) is 18.0. The Morgan fingerprint density at radius 1 is 1.19 bits per heavy atom. The second-order valence-electron chi connectivity index (χ2n) is 7.10. The summed E-state index contributed by atoms with van der Waals surface area (Å²) in [6.45, 7) is 4.04. The average Bonchev–Trinajstić information content (AvgIpc) is 2.76. The molecular formula is C23H25N3O5. The fraction of sp³-hybridized carbons (Fsp3) is 0.304. The van der Waals surface area contributed by atoms with Gasteiger partial charge in [0.15, 0.2) is 11.5 Å². The van der Waals surface area contributed by atoms with Gasteiger partial charge in [0, 0.05) is 18.2 Å². The van der Waals surface area contributed by atoms with Crippen LogP contribution in [0.25, 0.3) is 6.08 Å². The molecule has 0 saturated carbocycles. The van der Waals surface area contributed by atoms with Crippen LogP contribution in [0, 0.1) is 21.4 Å². The lowest BCUT2D eigenvalue weighted by Gasteiger charge is -2.10. The van der Waals surface area contributed by atoms with Crippen molar-refractivity contribution in [2.45, 2.75) is 26.2 Å². The monoisotopic (exact) mass is 423 g/mol. The molecule has 0 atom stereocenters. The van der Waals surface area contributed by atoms with E-state index in [9.17, 15) is 20.2 Å². The first-order valence-corrected chi connectivity index (χ1v) is 9.70. The summed E-state index contributed by atoms with van der Waals surface area (Å²) in [5, 5.41) is 23.4. The molecule has 8 heteroatoms. The van der Waals surface area contributed by atoms with Crippen LogP contribution in [0.4, 0.5) is 5.69 Å². The first-order chi connectivity index (χ1) is 14.8. The molecule has 1 N–H and O–H groups in total. The molecule has 0 aliphatic rings. The van der Waals surface area contributed by atoms with Gasteiger partial charge in [0.1, 0.15) is 11.6 Å². The third kappa shape index (κ3) is 6.06. The zero-order chi connectivity index (χ0) is 23.0. The van der Waals surface area contributed by atoms with Gasteiger partial charge < -0.3 is 14.8 Å². The number of hydrogen-bond acceptors (Lipinski definition) is 6. The molecule has 0 aliphatic carbocycles. The molecule has 1 amide bonds. The minimum Gasteiger partial charge on any atom is -0.493 e. The van der Waals surface area contributed by atoms with Crippen molar-refractivity contribution in [2.24, 2.45) is 0 Å². The number of nitro benzene ring substituents is 1. The molecule has 162 valence electrons. The zero-order valence-corrected chi connectivity index (χ0v) is 18.0. The summed E-state index contributed by atoms with van der Waals surface area (Å²) in [6.07, 6.45) is 1.88.